The smallest absolute Gasteiger partial charge is 0.0648 e. The van der Waals surface area contributed by atoms with Crippen molar-refractivity contribution in [2.45, 2.75) is 56.4 Å². The third-order valence-electron chi connectivity index (χ3n) is 3.18. The molecular formula is C10H19NS. The van der Waals surface area contributed by atoms with E-state index >= 15 is 0 Å². The normalized spacial score (nSPS) is 34.2. The maximum absolute atomic E-state index is 3.82. The van der Waals surface area contributed by atoms with Crippen molar-refractivity contribution in [3.05, 3.63) is 0 Å². The van der Waals surface area contributed by atoms with Gasteiger partial charge in [0.25, 0.3) is 0 Å². The molecule has 1 spiro atoms. The van der Waals surface area contributed by atoms with Crippen molar-refractivity contribution in [3.8, 4) is 0 Å². The van der Waals surface area contributed by atoms with Crippen LogP contribution in [0, 0.1) is 0 Å². The molecule has 1 aliphatic heterocycles. The molecule has 0 aromatic heterocycles. The summed E-state index contributed by atoms with van der Waals surface area (Å²) in [6, 6.07) is 0.799. The van der Waals surface area contributed by atoms with Crippen LogP contribution in [0.15, 0.2) is 0 Å². The summed E-state index contributed by atoms with van der Waals surface area (Å²) in [7, 11) is 0. The zero-order valence-electron chi connectivity index (χ0n) is 7.94. The molecule has 2 aliphatic rings. The van der Waals surface area contributed by atoms with E-state index in [-0.39, 0.29) is 0 Å². The van der Waals surface area contributed by atoms with E-state index in [0.29, 0.717) is 4.87 Å². The van der Waals surface area contributed by atoms with Crippen LogP contribution in [0.25, 0.3) is 0 Å². The van der Waals surface area contributed by atoms with Gasteiger partial charge >= 0.3 is 0 Å². The third kappa shape index (κ3) is 1.64. The van der Waals surface area contributed by atoms with E-state index in [0.717, 1.165) is 6.04 Å². The Morgan fingerprint density at radius 1 is 1.33 bits per heavy atom. The number of nitrogens with one attached hydrogen (secondary N) is 1. The second kappa shape index (κ2) is 3.59. The maximum atomic E-state index is 3.82. The van der Waals surface area contributed by atoms with Crippen molar-refractivity contribution in [3.63, 3.8) is 0 Å². The highest BCUT2D eigenvalue weighted by Crippen LogP contribution is 2.42. The lowest BCUT2D eigenvalue weighted by Crippen LogP contribution is -2.42. The molecule has 1 N–H and O–H groups in total. The fourth-order valence-corrected chi connectivity index (χ4v) is 4.01. The van der Waals surface area contributed by atoms with Crippen LogP contribution in [0.3, 0.4) is 0 Å². The Morgan fingerprint density at radius 3 is 2.67 bits per heavy atom. The number of rotatable bonds is 1. The van der Waals surface area contributed by atoms with Crippen molar-refractivity contribution in [2.75, 3.05) is 5.75 Å². The summed E-state index contributed by atoms with van der Waals surface area (Å²) in [4.78, 5) is 0.513. The first kappa shape index (κ1) is 8.89. The highest BCUT2D eigenvalue weighted by Gasteiger charge is 2.38. The summed E-state index contributed by atoms with van der Waals surface area (Å²) in [6.45, 7) is 2.29. The van der Waals surface area contributed by atoms with Gasteiger partial charge in [0.1, 0.15) is 0 Å². The van der Waals surface area contributed by atoms with Gasteiger partial charge in [-0.2, -0.15) is 0 Å². The van der Waals surface area contributed by atoms with Crippen molar-refractivity contribution >= 4 is 11.8 Å². The molecule has 0 aromatic rings. The van der Waals surface area contributed by atoms with E-state index in [1.54, 1.807) is 0 Å². The lowest BCUT2D eigenvalue weighted by Gasteiger charge is -2.33. The molecule has 2 rings (SSSR count). The van der Waals surface area contributed by atoms with Gasteiger partial charge in [0.15, 0.2) is 0 Å². The summed E-state index contributed by atoms with van der Waals surface area (Å²) in [5, 5.41) is 3.82. The summed E-state index contributed by atoms with van der Waals surface area (Å²) >= 11 is 2.19. The third-order valence-corrected chi connectivity index (χ3v) is 4.83. The Morgan fingerprint density at radius 2 is 2.08 bits per heavy atom. The summed E-state index contributed by atoms with van der Waals surface area (Å²) in [6.07, 6.45) is 8.46. The second-order valence-electron chi connectivity index (χ2n) is 4.12. The van der Waals surface area contributed by atoms with Crippen LogP contribution in [-0.4, -0.2) is 16.7 Å². The zero-order chi connectivity index (χ0) is 8.44. The molecular weight excluding hydrogens is 166 g/mol. The molecule has 1 nitrogen and oxygen atoms in total. The Labute approximate surface area is 79.7 Å². The Balaban J connectivity index is 1.94. The van der Waals surface area contributed by atoms with Gasteiger partial charge in [-0.1, -0.05) is 26.2 Å². The molecule has 1 atom stereocenters. The Kier molecular flexibility index (Phi) is 2.66. The molecule has 0 bridgehead atoms. The first-order valence-electron chi connectivity index (χ1n) is 5.26. The molecule has 1 aliphatic carbocycles. The van der Waals surface area contributed by atoms with E-state index in [1.165, 1.54) is 44.3 Å². The fraction of sp³-hybridized carbons (Fsp3) is 1.00. The Bertz CT molecular complexity index is 152. The summed E-state index contributed by atoms with van der Waals surface area (Å²) in [5.41, 5.74) is 0. The van der Waals surface area contributed by atoms with E-state index in [2.05, 4.69) is 24.0 Å². The van der Waals surface area contributed by atoms with Gasteiger partial charge in [0.2, 0.25) is 0 Å². The van der Waals surface area contributed by atoms with Crippen LogP contribution < -0.4 is 5.32 Å². The van der Waals surface area contributed by atoms with Crippen LogP contribution in [0.4, 0.5) is 0 Å². The first-order valence-corrected chi connectivity index (χ1v) is 6.25. The minimum Gasteiger partial charge on any atom is -0.299 e. The second-order valence-corrected chi connectivity index (χ2v) is 5.52. The van der Waals surface area contributed by atoms with Crippen LogP contribution in [0.1, 0.15) is 45.4 Å². The van der Waals surface area contributed by atoms with E-state index < -0.39 is 0 Å². The van der Waals surface area contributed by atoms with Crippen LogP contribution >= 0.6 is 11.8 Å². The first-order chi connectivity index (χ1) is 5.85. The fourth-order valence-electron chi connectivity index (χ4n) is 2.35. The molecule has 12 heavy (non-hydrogen) atoms. The predicted molar refractivity (Wildman–Crippen MR) is 55.5 cm³/mol. The largest absolute Gasteiger partial charge is 0.299 e. The van der Waals surface area contributed by atoms with E-state index in [9.17, 15) is 0 Å². The van der Waals surface area contributed by atoms with Crippen molar-refractivity contribution < 1.29 is 0 Å². The number of thioether (sulfide) groups is 1. The highest BCUT2D eigenvalue weighted by atomic mass is 32.2. The molecule has 1 unspecified atom stereocenters. The average Bonchev–Trinajstić information content (AvgIpc) is 2.50. The Hall–Kier alpha value is 0.310. The molecule has 1 saturated carbocycles. The van der Waals surface area contributed by atoms with Crippen molar-refractivity contribution in [1.82, 2.24) is 5.32 Å². The molecule has 70 valence electrons. The summed E-state index contributed by atoms with van der Waals surface area (Å²) < 4.78 is 0. The maximum Gasteiger partial charge on any atom is 0.0648 e. The van der Waals surface area contributed by atoms with Crippen LogP contribution in [0.2, 0.25) is 0 Å². The van der Waals surface area contributed by atoms with Gasteiger partial charge in [0.05, 0.1) is 4.87 Å². The van der Waals surface area contributed by atoms with Gasteiger partial charge in [0, 0.05) is 11.8 Å². The van der Waals surface area contributed by atoms with E-state index in [1.807, 2.05) is 0 Å². The zero-order valence-corrected chi connectivity index (χ0v) is 8.75. The SMILES string of the molecule is CCC1CSC2(CCCCC2)N1. The standard InChI is InChI=1S/C10H19NS/c1-2-9-8-12-10(11-9)6-4-3-5-7-10/h9,11H,2-8H2,1H3. The molecule has 0 aromatic carbocycles. The predicted octanol–water partition coefficient (Wildman–Crippen LogP) is 2.76. The van der Waals surface area contributed by atoms with Gasteiger partial charge in [-0.05, 0) is 19.3 Å². The summed E-state index contributed by atoms with van der Waals surface area (Å²) in [5.74, 6) is 1.34. The van der Waals surface area contributed by atoms with Crippen molar-refractivity contribution in [1.29, 1.82) is 0 Å². The topological polar surface area (TPSA) is 12.0 Å². The number of hydrogen-bond acceptors (Lipinski definition) is 2. The van der Waals surface area contributed by atoms with Crippen molar-refractivity contribution in [2.24, 2.45) is 0 Å². The molecule has 0 amide bonds. The highest BCUT2D eigenvalue weighted by molar-refractivity contribution is 8.00. The van der Waals surface area contributed by atoms with Gasteiger partial charge < -0.3 is 0 Å². The lowest BCUT2D eigenvalue weighted by molar-refractivity contribution is 0.326. The minimum atomic E-state index is 0.513. The minimum absolute atomic E-state index is 0.513. The quantitative estimate of drug-likeness (QED) is 0.674. The molecule has 1 heterocycles. The lowest BCUT2D eigenvalue weighted by atomic mass is 9.94. The molecule has 2 fully saturated rings. The average molecular weight is 185 g/mol. The molecule has 0 radical (unpaired) electrons. The van der Waals surface area contributed by atoms with Gasteiger partial charge in [-0.15, -0.1) is 11.8 Å². The monoisotopic (exact) mass is 185 g/mol. The van der Waals surface area contributed by atoms with Gasteiger partial charge in [-0.3, -0.25) is 5.32 Å². The van der Waals surface area contributed by atoms with E-state index in [4.69, 9.17) is 0 Å². The molecule has 1 saturated heterocycles. The van der Waals surface area contributed by atoms with Crippen LogP contribution in [0.5, 0.6) is 0 Å². The molecule has 2 heteroatoms. The van der Waals surface area contributed by atoms with Crippen LogP contribution in [-0.2, 0) is 0 Å². The van der Waals surface area contributed by atoms with Gasteiger partial charge in [-0.25, -0.2) is 0 Å². The number of hydrogen-bond donors (Lipinski definition) is 1.